The molecule has 4 unspecified atom stereocenters. The summed E-state index contributed by atoms with van der Waals surface area (Å²) in [5.41, 5.74) is -1.05. The van der Waals surface area contributed by atoms with Gasteiger partial charge in [-0.1, -0.05) is 19.1 Å². The highest BCUT2D eigenvalue weighted by Crippen LogP contribution is 2.50. The van der Waals surface area contributed by atoms with Crippen molar-refractivity contribution in [2.24, 2.45) is 17.8 Å². The van der Waals surface area contributed by atoms with Gasteiger partial charge in [-0.05, 0) is 63.7 Å². The number of carbonyl (C=O) groups excluding carboxylic acids is 2. The van der Waals surface area contributed by atoms with Crippen LogP contribution in [0.2, 0.25) is 0 Å². The molecule has 4 heteroatoms. The molecule has 2 bridgehead atoms. The number of hydrogen-bond acceptors (Lipinski definition) is 4. The lowest BCUT2D eigenvalue weighted by Gasteiger charge is -2.38. The van der Waals surface area contributed by atoms with Gasteiger partial charge in [0.1, 0.15) is 11.2 Å². The van der Waals surface area contributed by atoms with Gasteiger partial charge >= 0.3 is 11.9 Å². The summed E-state index contributed by atoms with van der Waals surface area (Å²) in [4.78, 5) is 24.4. The van der Waals surface area contributed by atoms with Crippen LogP contribution in [0.4, 0.5) is 0 Å². The van der Waals surface area contributed by atoms with Gasteiger partial charge in [-0.15, -0.1) is 0 Å². The minimum atomic E-state index is -0.763. The zero-order valence-corrected chi connectivity index (χ0v) is 15.2. The molecule has 4 atom stereocenters. The maximum Gasteiger partial charge on any atom is 0.310 e. The summed E-state index contributed by atoms with van der Waals surface area (Å²) in [6, 6.07) is 0. The quantitative estimate of drug-likeness (QED) is 0.540. The van der Waals surface area contributed by atoms with E-state index in [1.54, 1.807) is 0 Å². The van der Waals surface area contributed by atoms with Crippen molar-refractivity contribution in [1.29, 1.82) is 0 Å². The molecule has 0 spiro atoms. The normalized spacial score (nSPS) is 32.5. The highest BCUT2D eigenvalue weighted by atomic mass is 16.6. The molecule has 0 heterocycles. The fourth-order valence-corrected chi connectivity index (χ4v) is 5.17. The number of carbonyl (C=O) groups is 2. The van der Waals surface area contributed by atoms with Crippen molar-refractivity contribution in [2.45, 2.75) is 83.3 Å². The summed E-state index contributed by atoms with van der Waals surface area (Å²) in [5.74, 6) is 0.670. The largest absolute Gasteiger partial charge is 0.459 e. The predicted octanol–water partition coefficient (Wildman–Crippen LogP) is 4.18. The number of hydrogen-bond donors (Lipinski definition) is 0. The van der Waals surface area contributed by atoms with Gasteiger partial charge in [0.25, 0.3) is 0 Å². The lowest BCUT2D eigenvalue weighted by Crippen LogP contribution is -2.45. The van der Waals surface area contributed by atoms with Gasteiger partial charge < -0.3 is 9.47 Å². The summed E-state index contributed by atoms with van der Waals surface area (Å²) >= 11 is 0. The highest BCUT2D eigenvalue weighted by Gasteiger charge is 2.50. The highest BCUT2D eigenvalue weighted by molar-refractivity contribution is 5.73. The molecule has 3 aliphatic rings. The monoisotopic (exact) mass is 334 g/mol. The van der Waals surface area contributed by atoms with E-state index in [2.05, 4.69) is 19.1 Å². The number of ether oxygens (including phenoxy) is 2. The van der Waals surface area contributed by atoms with Gasteiger partial charge in [0.05, 0.1) is 6.42 Å². The molecule has 0 aromatic carbocycles. The van der Waals surface area contributed by atoms with Crippen LogP contribution in [0.3, 0.4) is 0 Å². The van der Waals surface area contributed by atoms with E-state index >= 15 is 0 Å². The van der Waals surface area contributed by atoms with E-state index in [1.807, 2.05) is 6.92 Å². The first-order valence-corrected chi connectivity index (χ1v) is 9.45. The Morgan fingerprint density at radius 2 is 1.92 bits per heavy atom. The van der Waals surface area contributed by atoms with E-state index < -0.39 is 5.60 Å². The Labute approximate surface area is 145 Å². The minimum Gasteiger partial charge on any atom is -0.459 e. The molecule has 0 amide bonds. The average molecular weight is 334 g/mol. The van der Waals surface area contributed by atoms with Gasteiger partial charge in [-0.2, -0.15) is 0 Å². The van der Waals surface area contributed by atoms with Crippen LogP contribution in [0.1, 0.15) is 72.1 Å². The van der Waals surface area contributed by atoms with Gasteiger partial charge in [-0.3, -0.25) is 9.59 Å². The Hall–Kier alpha value is -1.32. The summed E-state index contributed by atoms with van der Waals surface area (Å²) in [6.45, 7) is 5.43. The number of allylic oxidation sites excluding steroid dienone is 2. The SMILES string of the molecule is CCC1(OC(=O)CC(C)(OC(C)=O)C2CC3C=CC2C3)CCCC1. The first-order chi connectivity index (χ1) is 11.4. The van der Waals surface area contributed by atoms with Gasteiger partial charge in [0.15, 0.2) is 0 Å². The molecule has 24 heavy (non-hydrogen) atoms. The number of fused-ring (bicyclic) bond motifs is 2. The maximum absolute atomic E-state index is 12.7. The molecule has 134 valence electrons. The third-order valence-corrected chi connectivity index (χ3v) is 6.42. The van der Waals surface area contributed by atoms with Crippen molar-refractivity contribution in [3.63, 3.8) is 0 Å². The molecule has 2 fully saturated rings. The van der Waals surface area contributed by atoms with Crippen LogP contribution in [0.15, 0.2) is 12.2 Å². The van der Waals surface area contributed by atoms with Crippen molar-refractivity contribution in [1.82, 2.24) is 0 Å². The van der Waals surface area contributed by atoms with Crippen molar-refractivity contribution < 1.29 is 19.1 Å². The van der Waals surface area contributed by atoms with Gasteiger partial charge in [0, 0.05) is 12.8 Å². The first-order valence-electron chi connectivity index (χ1n) is 9.45. The van der Waals surface area contributed by atoms with E-state index in [9.17, 15) is 9.59 Å². The Morgan fingerprint density at radius 3 is 2.42 bits per heavy atom. The van der Waals surface area contributed by atoms with Crippen molar-refractivity contribution in [3.8, 4) is 0 Å². The van der Waals surface area contributed by atoms with Crippen LogP contribution in [0.5, 0.6) is 0 Å². The predicted molar refractivity (Wildman–Crippen MR) is 91.2 cm³/mol. The zero-order valence-electron chi connectivity index (χ0n) is 15.2. The Balaban J connectivity index is 1.71. The van der Waals surface area contributed by atoms with Crippen molar-refractivity contribution in [3.05, 3.63) is 12.2 Å². The van der Waals surface area contributed by atoms with E-state index in [4.69, 9.17) is 9.47 Å². The molecule has 4 nitrogen and oxygen atoms in total. The molecule has 3 aliphatic carbocycles. The summed E-state index contributed by atoms with van der Waals surface area (Å²) in [5, 5.41) is 0. The molecule has 0 radical (unpaired) electrons. The van der Waals surface area contributed by atoms with Crippen LogP contribution in [0, 0.1) is 17.8 Å². The molecular formula is C20H30O4. The first kappa shape index (κ1) is 17.5. The fourth-order valence-electron chi connectivity index (χ4n) is 5.17. The van der Waals surface area contributed by atoms with Crippen LogP contribution in [-0.2, 0) is 19.1 Å². The van der Waals surface area contributed by atoms with E-state index in [0.717, 1.165) is 44.9 Å². The van der Waals surface area contributed by atoms with Crippen LogP contribution < -0.4 is 0 Å². The Kier molecular flexibility index (Phi) is 4.76. The van der Waals surface area contributed by atoms with Crippen LogP contribution in [-0.4, -0.2) is 23.1 Å². The van der Waals surface area contributed by atoms with Crippen LogP contribution in [0.25, 0.3) is 0 Å². The summed E-state index contributed by atoms with van der Waals surface area (Å²) in [7, 11) is 0. The average Bonchev–Trinajstić information content (AvgIpc) is 3.22. The second-order valence-corrected chi connectivity index (χ2v) is 8.19. The van der Waals surface area contributed by atoms with Crippen LogP contribution >= 0.6 is 0 Å². The molecule has 2 saturated carbocycles. The lowest BCUT2D eigenvalue weighted by atomic mass is 9.77. The third kappa shape index (κ3) is 3.38. The standard InChI is InChI=1S/C20H30O4/c1-4-20(9-5-6-10-20)24-18(22)13-19(3,23-14(2)21)17-12-15-7-8-16(17)11-15/h7-8,15-17H,4-6,9-13H2,1-3H3. The Morgan fingerprint density at radius 1 is 1.21 bits per heavy atom. The second-order valence-electron chi connectivity index (χ2n) is 8.19. The minimum absolute atomic E-state index is 0.163. The molecule has 0 aliphatic heterocycles. The topological polar surface area (TPSA) is 52.6 Å². The van der Waals surface area contributed by atoms with Gasteiger partial charge in [0.2, 0.25) is 0 Å². The Bertz CT molecular complexity index is 532. The van der Waals surface area contributed by atoms with Gasteiger partial charge in [-0.25, -0.2) is 0 Å². The van der Waals surface area contributed by atoms with Crippen molar-refractivity contribution in [2.75, 3.05) is 0 Å². The smallest absolute Gasteiger partial charge is 0.310 e. The van der Waals surface area contributed by atoms with E-state index in [-0.39, 0.29) is 29.9 Å². The molecule has 0 N–H and O–H groups in total. The van der Waals surface area contributed by atoms with Crippen molar-refractivity contribution >= 4 is 11.9 Å². The summed E-state index contributed by atoms with van der Waals surface area (Å²) in [6.07, 6.45) is 11.8. The fraction of sp³-hybridized carbons (Fsp3) is 0.800. The molecular weight excluding hydrogens is 304 g/mol. The molecule has 0 aromatic heterocycles. The van der Waals surface area contributed by atoms with E-state index in [0.29, 0.717) is 11.8 Å². The lowest BCUT2D eigenvalue weighted by molar-refractivity contribution is -0.177. The molecule has 0 aromatic rings. The third-order valence-electron chi connectivity index (χ3n) is 6.42. The number of rotatable bonds is 6. The summed E-state index contributed by atoms with van der Waals surface area (Å²) < 4.78 is 11.6. The zero-order chi connectivity index (χ0) is 17.4. The maximum atomic E-state index is 12.7. The second kappa shape index (κ2) is 6.53. The molecule has 3 rings (SSSR count). The van der Waals surface area contributed by atoms with E-state index in [1.165, 1.54) is 6.92 Å². The number of esters is 2. The molecule has 0 saturated heterocycles.